The first-order valence-electron chi connectivity index (χ1n) is 7.29. The van der Waals surface area contributed by atoms with Gasteiger partial charge in [-0.25, -0.2) is 4.98 Å². The molecule has 1 atom stereocenters. The van der Waals surface area contributed by atoms with E-state index < -0.39 is 0 Å². The van der Waals surface area contributed by atoms with Gasteiger partial charge in [-0.2, -0.15) is 0 Å². The topological polar surface area (TPSA) is 58.9 Å². The molecule has 2 aromatic rings. The highest BCUT2D eigenvalue weighted by Gasteiger charge is 2.25. The molecule has 112 valence electrons. The number of morpholine rings is 1. The number of ether oxygens (including phenoxy) is 1. The van der Waals surface area contributed by atoms with Gasteiger partial charge < -0.3 is 14.5 Å². The summed E-state index contributed by atoms with van der Waals surface area (Å²) in [5.74, 6) is -0.0450. The molecule has 1 aliphatic rings. The quantitative estimate of drug-likeness (QED) is 0.898. The van der Waals surface area contributed by atoms with Crippen LogP contribution in [0.15, 0.2) is 30.7 Å². The lowest BCUT2D eigenvalue weighted by atomic mass is 10.2. The fraction of sp³-hybridized carbons (Fsp3) is 0.467. The summed E-state index contributed by atoms with van der Waals surface area (Å²) < 4.78 is 7.49. The Labute approximate surface area is 123 Å². The van der Waals surface area contributed by atoms with E-state index in [4.69, 9.17) is 4.74 Å². The molecule has 2 aromatic heterocycles. The lowest BCUT2D eigenvalue weighted by Gasteiger charge is -2.31. The van der Waals surface area contributed by atoms with Crippen LogP contribution in [-0.2, 0) is 16.1 Å². The van der Waals surface area contributed by atoms with Gasteiger partial charge in [0.05, 0.1) is 6.61 Å². The summed E-state index contributed by atoms with van der Waals surface area (Å²) in [6, 6.07) is 3.95. The highest BCUT2D eigenvalue weighted by molar-refractivity contribution is 5.81. The average Bonchev–Trinajstić information content (AvgIpc) is 3.00. The number of rotatable bonds is 4. The molecular formula is C15H20N4O2. The van der Waals surface area contributed by atoms with Crippen LogP contribution in [0.4, 0.5) is 0 Å². The molecule has 1 amide bonds. The number of imidazole rings is 1. The third kappa shape index (κ3) is 3.22. The Morgan fingerprint density at radius 3 is 3.29 bits per heavy atom. The van der Waals surface area contributed by atoms with Crippen molar-refractivity contribution in [3.63, 3.8) is 0 Å². The van der Waals surface area contributed by atoms with E-state index in [1.807, 2.05) is 28.9 Å². The molecule has 1 fully saturated rings. The Kier molecular flexibility index (Phi) is 4.17. The molecule has 0 spiro atoms. The number of amides is 1. The number of carbonyl (C=O) groups is 1. The van der Waals surface area contributed by atoms with E-state index in [-0.39, 0.29) is 12.0 Å². The van der Waals surface area contributed by atoms with E-state index in [1.54, 1.807) is 6.20 Å². The minimum atomic E-state index is -0.367. The Balaban J connectivity index is 1.57. The molecule has 3 heterocycles. The van der Waals surface area contributed by atoms with Crippen LogP contribution in [0.1, 0.15) is 12.5 Å². The number of hydrogen-bond donors (Lipinski definition) is 1. The molecule has 1 unspecified atom stereocenters. The highest BCUT2D eigenvalue weighted by Crippen LogP contribution is 2.07. The molecule has 3 rings (SSSR count). The first-order chi connectivity index (χ1) is 10.3. The standard InChI is InChI=1S/C15H20N4O2/c1-2-18-7-8-21-13(11-18)15(20)17-10-12-3-5-19-6-4-16-14(19)9-12/h3-6,9,13H,2,7-8,10-11H2,1H3,(H,17,20). The van der Waals surface area contributed by atoms with Crippen molar-refractivity contribution in [3.8, 4) is 0 Å². The zero-order chi connectivity index (χ0) is 14.7. The number of nitrogens with one attached hydrogen (secondary N) is 1. The van der Waals surface area contributed by atoms with Crippen molar-refractivity contribution in [1.82, 2.24) is 19.6 Å². The average molecular weight is 288 g/mol. The molecule has 6 nitrogen and oxygen atoms in total. The molecule has 6 heteroatoms. The predicted octanol–water partition coefficient (Wildman–Crippen LogP) is 0.671. The zero-order valence-electron chi connectivity index (χ0n) is 12.2. The van der Waals surface area contributed by atoms with Gasteiger partial charge in [0.1, 0.15) is 11.8 Å². The Bertz CT molecular complexity index is 625. The predicted molar refractivity (Wildman–Crippen MR) is 78.9 cm³/mol. The first kappa shape index (κ1) is 14.0. The van der Waals surface area contributed by atoms with Crippen molar-refractivity contribution in [2.24, 2.45) is 0 Å². The van der Waals surface area contributed by atoms with E-state index in [2.05, 4.69) is 22.1 Å². The fourth-order valence-electron chi connectivity index (χ4n) is 2.51. The normalized spacial score (nSPS) is 19.8. The van der Waals surface area contributed by atoms with Gasteiger partial charge in [-0.15, -0.1) is 0 Å². The van der Waals surface area contributed by atoms with E-state index in [0.29, 0.717) is 19.7 Å². The largest absolute Gasteiger partial charge is 0.366 e. The minimum absolute atomic E-state index is 0.0450. The zero-order valence-corrected chi connectivity index (χ0v) is 12.2. The van der Waals surface area contributed by atoms with Crippen LogP contribution in [0.3, 0.4) is 0 Å². The van der Waals surface area contributed by atoms with Gasteiger partial charge in [0, 0.05) is 38.2 Å². The third-order valence-electron chi connectivity index (χ3n) is 3.82. The van der Waals surface area contributed by atoms with Crippen LogP contribution in [0, 0.1) is 0 Å². The molecule has 0 saturated carbocycles. The number of fused-ring (bicyclic) bond motifs is 1. The van der Waals surface area contributed by atoms with E-state index in [1.165, 1.54) is 0 Å². The van der Waals surface area contributed by atoms with Crippen LogP contribution < -0.4 is 5.32 Å². The second-order valence-electron chi connectivity index (χ2n) is 5.20. The van der Waals surface area contributed by atoms with Crippen molar-refractivity contribution in [1.29, 1.82) is 0 Å². The Hall–Kier alpha value is -1.92. The molecule has 1 N–H and O–H groups in total. The Morgan fingerprint density at radius 1 is 1.52 bits per heavy atom. The number of nitrogens with zero attached hydrogens (tertiary/aromatic N) is 3. The van der Waals surface area contributed by atoms with Crippen LogP contribution in [-0.4, -0.2) is 52.5 Å². The van der Waals surface area contributed by atoms with Gasteiger partial charge in [-0.05, 0) is 24.2 Å². The molecule has 1 saturated heterocycles. The summed E-state index contributed by atoms with van der Waals surface area (Å²) in [5.41, 5.74) is 1.91. The van der Waals surface area contributed by atoms with Gasteiger partial charge in [0.15, 0.2) is 0 Å². The molecule has 21 heavy (non-hydrogen) atoms. The van der Waals surface area contributed by atoms with Gasteiger partial charge in [-0.1, -0.05) is 6.92 Å². The lowest BCUT2D eigenvalue weighted by Crippen LogP contribution is -2.49. The smallest absolute Gasteiger partial charge is 0.250 e. The molecule has 0 bridgehead atoms. The number of likely N-dealkylation sites (N-methyl/N-ethyl adjacent to an activating group) is 1. The van der Waals surface area contributed by atoms with Crippen LogP contribution >= 0.6 is 0 Å². The molecule has 0 aliphatic carbocycles. The SMILES string of the molecule is CCN1CCOC(C(=O)NCc2ccn3ccnc3c2)C1. The number of pyridine rings is 1. The lowest BCUT2D eigenvalue weighted by molar-refractivity contribution is -0.138. The summed E-state index contributed by atoms with van der Waals surface area (Å²) >= 11 is 0. The summed E-state index contributed by atoms with van der Waals surface area (Å²) in [4.78, 5) is 18.6. The van der Waals surface area contributed by atoms with E-state index in [0.717, 1.165) is 24.3 Å². The summed E-state index contributed by atoms with van der Waals surface area (Å²) in [7, 11) is 0. The van der Waals surface area contributed by atoms with Crippen LogP contribution in [0.5, 0.6) is 0 Å². The second kappa shape index (κ2) is 6.24. The number of carbonyl (C=O) groups excluding carboxylic acids is 1. The Morgan fingerprint density at radius 2 is 2.43 bits per heavy atom. The maximum absolute atomic E-state index is 12.2. The second-order valence-corrected chi connectivity index (χ2v) is 5.20. The van der Waals surface area contributed by atoms with Crippen molar-refractivity contribution >= 4 is 11.6 Å². The van der Waals surface area contributed by atoms with Crippen molar-refractivity contribution < 1.29 is 9.53 Å². The molecule has 0 aromatic carbocycles. The summed E-state index contributed by atoms with van der Waals surface area (Å²) in [6.07, 6.45) is 5.23. The van der Waals surface area contributed by atoms with Crippen molar-refractivity contribution in [2.75, 3.05) is 26.2 Å². The monoisotopic (exact) mass is 288 g/mol. The van der Waals surface area contributed by atoms with Crippen LogP contribution in [0.2, 0.25) is 0 Å². The van der Waals surface area contributed by atoms with E-state index >= 15 is 0 Å². The van der Waals surface area contributed by atoms with E-state index in [9.17, 15) is 4.79 Å². The first-order valence-corrected chi connectivity index (χ1v) is 7.29. The third-order valence-corrected chi connectivity index (χ3v) is 3.82. The number of hydrogen-bond acceptors (Lipinski definition) is 4. The fourth-order valence-corrected chi connectivity index (χ4v) is 2.51. The summed E-state index contributed by atoms with van der Waals surface area (Å²) in [5, 5.41) is 2.94. The minimum Gasteiger partial charge on any atom is -0.366 e. The van der Waals surface area contributed by atoms with Crippen LogP contribution in [0.25, 0.3) is 5.65 Å². The molecular weight excluding hydrogens is 268 g/mol. The van der Waals surface area contributed by atoms with Crippen molar-refractivity contribution in [2.45, 2.75) is 19.6 Å². The van der Waals surface area contributed by atoms with Crippen molar-refractivity contribution in [3.05, 3.63) is 36.3 Å². The van der Waals surface area contributed by atoms with Gasteiger partial charge in [0.2, 0.25) is 0 Å². The molecule has 0 radical (unpaired) electrons. The number of aromatic nitrogens is 2. The van der Waals surface area contributed by atoms with Gasteiger partial charge in [-0.3, -0.25) is 9.69 Å². The van der Waals surface area contributed by atoms with Gasteiger partial charge >= 0.3 is 0 Å². The van der Waals surface area contributed by atoms with Gasteiger partial charge in [0.25, 0.3) is 5.91 Å². The molecule has 1 aliphatic heterocycles. The maximum atomic E-state index is 12.2. The highest BCUT2D eigenvalue weighted by atomic mass is 16.5. The maximum Gasteiger partial charge on any atom is 0.250 e. The summed E-state index contributed by atoms with van der Waals surface area (Å²) in [6.45, 7) is 5.72.